The third-order valence-corrected chi connectivity index (χ3v) is 4.14. The molecular weight excluding hydrogens is 324 g/mol. The van der Waals surface area contributed by atoms with Crippen molar-refractivity contribution in [3.05, 3.63) is 58.8 Å². The van der Waals surface area contributed by atoms with Crippen LogP contribution in [0.5, 0.6) is 0 Å². The van der Waals surface area contributed by atoms with E-state index in [-0.39, 0.29) is 16.2 Å². The Morgan fingerprint density at radius 1 is 1.22 bits per heavy atom. The Bertz CT molecular complexity index is 1020. The molecular formula is C13H10N4O5S. The Morgan fingerprint density at radius 3 is 2.78 bits per heavy atom. The van der Waals surface area contributed by atoms with Gasteiger partial charge in [-0.25, -0.2) is 13.2 Å². The average molecular weight is 334 g/mol. The number of H-pyrrole nitrogens is 1. The van der Waals surface area contributed by atoms with Gasteiger partial charge in [-0.15, -0.1) is 4.83 Å². The lowest BCUT2D eigenvalue weighted by Gasteiger charge is -2.07. The summed E-state index contributed by atoms with van der Waals surface area (Å²) in [5.74, 6) is -1.39. The molecule has 3 rings (SSSR count). The van der Waals surface area contributed by atoms with E-state index < -0.39 is 21.7 Å². The van der Waals surface area contributed by atoms with Gasteiger partial charge < -0.3 is 4.42 Å². The van der Waals surface area contributed by atoms with Crippen molar-refractivity contribution in [2.75, 3.05) is 0 Å². The van der Waals surface area contributed by atoms with Gasteiger partial charge in [0.2, 0.25) is 0 Å². The van der Waals surface area contributed by atoms with Gasteiger partial charge in [0.05, 0.1) is 10.4 Å². The van der Waals surface area contributed by atoms with Crippen LogP contribution in [0.15, 0.2) is 56.7 Å². The Morgan fingerprint density at radius 2 is 2.04 bits per heavy atom. The van der Waals surface area contributed by atoms with Crippen molar-refractivity contribution < 1.29 is 17.6 Å². The highest BCUT2D eigenvalue weighted by Crippen LogP contribution is 2.16. The zero-order valence-corrected chi connectivity index (χ0v) is 12.3. The molecule has 0 bridgehead atoms. The fourth-order valence-electron chi connectivity index (χ4n) is 1.83. The highest BCUT2D eigenvalue weighted by atomic mass is 32.2. The predicted octanol–water partition coefficient (Wildman–Crippen LogP) is 0.139. The molecule has 3 aromatic rings. The normalized spacial score (nSPS) is 11.5. The number of carbonyl (C=O) groups is 1. The van der Waals surface area contributed by atoms with Crippen LogP contribution in [0.2, 0.25) is 0 Å². The second kappa shape index (κ2) is 5.66. The van der Waals surface area contributed by atoms with Crippen LogP contribution in [-0.4, -0.2) is 24.3 Å². The second-order valence-corrected chi connectivity index (χ2v) is 6.13. The molecule has 0 fully saturated rings. The smallest absolute Gasteiger partial charge is 0.408 e. The van der Waals surface area contributed by atoms with Crippen LogP contribution in [0.1, 0.15) is 10.5 Å². The maximum atomic E-state index is 12.1. The summed E-state index contributed by atoms with van der Waals surface area (Å²) in [7, 11) is -4.03. The molecule has 23 heavy (non-hydrogen) atoms. The van der Waals surface area contributed by atoms with Gasteiger partial charge in [-0.05, 0) is 24.3 Å². The van der Waals surface area contributed by atoms with Crippen LogP contribution in [0.3, 0.4) is 0 Å². The first kappa shape index (κ1) is 14.9. The third kappa shape index (κ3) is 3.12. The third-order valence-electron chi connectivity index (χ3n) is 2.90. The Balaban J connectivity index is 1.80. The first-order chi connectivity index (χ1) is 11.0. The van der Waals surface area contributed by atoms with E-state index >= 15 is 0 Å². The van der Waals surface area contributed by atoms with Crippen LogP contribution in [0, 0.1) is 0 Å². The van der Waals surface area contributed by atoms with Crippen molar-refractivity contribution in [1.29, 1.82) is 0 Å². The topological polar surface area (TPSA) is 134 Å². The molecule has 0 unspecified atom stereocenters. The minimum Gasteiger partial charge on any atom is -0.408 e. The number of hydrogen-bond acceptors (Lipinski definition) is 6. The number of sulfonamides is 1. The van der Waals surface area contributed by atoms with E-state index in [2.05, 4.69) is 15.4 Å². The number of aromatic amines is 1. The fourth-order valence-corrected chi connectivity index (χ4v) is 2.68. The molecule has 1 aromatic carbocycles. The fraction of sp³-hybridized carbons (Fsp3) is 0. The summed E-state index contributed by atoms with van der Waals surface area (Å²) in [6, 6.07) is 8.48. The number of aromatic nitrogens is 2. The summed E-state index contributed by atoms with van der Waals surface area (Å²) < 4.78 is 29.1. The second-order valence-electron chi connectivity index (χ2n) is 4.45. The number of oxazole rings is 1. The van der Waals surface area contributed by atoms with Crippen LogP contribution < -0.4 is 16.0 Å². The van der Waals surface area contributed by atoms with Crippen molar-refractivity contribution in [2.24, 2.45) is 0 Å². The van der Waals surface area contributed by atoms with Crippen molar-refractivity contribution >= 4 is 27.0 Å². The number of pyridine rings is 1. The number of rotatable bonds is 4. The minimum absolute atomic E-state index is 0.0577. The highest BCUT2D eigenvalue weighted by molar-refractivity contribution is 7.89. The lowest BCUT2D eigenvalue weighted by atomic mass is 10.3. The van der Waals surface area contributed by atoms with E-state index in [0.29, 0.717) is 5.52 Å². The maximum absolute atomic E-state index is 12.1. The molecule has 0 radical (unpaired) electrons. The minimum atomic E-state index is -4.03. The quantitative estimate of drug-likeness (QED) is 0.581. The molecule has 0 spiro atoms. The predicted molar refractivity (Wildman–Crippen MR) is 78.9 cm³/mol. The SMILES string of the molecule is O=C(NNS(=O)(=O)c1ccc2[nH]c(=O)oc2c1)c1ccccn1. The first-order valence-electron chi connectivity index (χ1n) is 6.32. The summed E-state index contributed by atoms with van der Waals surface area (Å²) in [6.07, 6.45) is 1.41. The van der Waals surface area contributed by atoms with Gasteiger partial charge in [-0.2, -0.15) is 0 Å². The Kier molecular flexibility index (Phi) is 3.68. The molecule has 0 saturated carbocycles. The lowest BCUT2D eigenvalue weighted by Crippen LogP contribution is -2.41. The van der Waals surface area contributed by atoms with E-state index in [1.54, 1.807) is 12.1 Å². The molecule has 0 aliphatic carbocycles. The highest BCUT2D eigenvalue weighted by Gasteiger charge is 2.17. The van der Waals surface area contributed by atoms with E-state index in [1.165, 1.54) is 30.5 Å². The molecule has 1 amide bonds. The zero-order chi connectivity index (χ0) is 16.4. The monoisotopic (exact) mass is 334 g/mol. The Hall–Kier alpha value is -2.98. The number of nitrogens with zero attached hydrogens (tertiary/aromatic N) is 1. The molecule has 0 aliphatic rings. The van der Waals surface area contributed by atoms with Crippen molar-refractivity contribution in [3.63, 3.8) is 0 Å². The summed E-state index contributed by atoms with van der Waals surface area (Å²) in [4.78, 5) is 30.8. The number of nitrogens with one attached hydrogen (secondary N) is 3. The number of hydrogen-bond donors (Lipinski definition) is 3. The Labute approximate surface area is 129 Å². The molecule has 2 aromatic heterocycles. The van der Waals surface area contributed by atoms with Gasteiger partial charge in [0.25, 0.3) is 15.9 Å². The van der Waals surface area contributed by atoms with Crippen molar-refractivity contribution in [2.45, 2.75) is 4.90 Å². The maximum Gasteiger partial charge on any atom is 0.417 e. The van der Waals surface area contributed by atoms with E-state index in [4.69, 9.17) is 4.42 Å². The van der Waals surface area contributed by atoms with Gasteiger partial charge >= 0.3 is 5.76 Å². The summed E-state index contributed by atoms with van der Waals surface area (Å²) in [6.45, 7) is 0. The van der Waals surface area contributed by atoms with Crippen molar-refractivity contribution in [1.82, 2.24) is 20.2 Å². The summed E-state index contributed by atoms with van der Waals surface area (Å²) in [5.41, 5.74) is 2.57. The molecule has 9 nitrogen and oxygen atoms in total. The first-order valence-corrected chi connectivity index (χ1v) is 7.80. The number of fused-ring (bicyclic) bond motifs is 1. The van der Waals surface area contributed by atoms with Crippen molar-refractivity contribution in [3.8, 4) is 0 Å². The summed E-state index contributed by atoms with van der Waals surface area (Å²) >= 11 is 0. The summed E-state index contributed by atoms with van der Waals surface area (Å²) in [5, 5.41) is 0. The van der Waals surface area contributed by atoms with Crippen LogP contribution in [-0.2, 0) is 10.0 Å². The van der Waals surface area contributed by atoms with E-state index in [9.17, 15) is 18.0 Å². The average Bonchev–Trinajstić information content (AvgIpc) is 2.92. The van der Waals surface area contributed by atoms with Gasteiger partial charge in [0.1, 0.15) is 5.69 Å². The zero-order valence-electron chi connectivity index (χ0n) is 11.4. The molecule has 0 saturated heterocycles. The number of amides is 1. The number of carbonyl (C=O) groups excluding carboxylic acids is 1. The van der Waals surface area contributed by atoms with Gasteiger partial charge in [-0.3, -0.25) is 20.2 Å². The molecule has 3 N–H and O–H groups in total. The van der Waals surface area contributed by atoms with E-state index in [1.807, 2.05) is 4.83 Å². The van der Waals surface area contributed by atoms with Crippen LogP contribution in [0.25, 0.3) is 11.1 Å². The van der Waals surface area contributed by atoms with Gasteiger partial charge in [-0.1, -0.05) is 6.07 Å². The van der Waals surface area contributed by atoms with Gasteiger partial charge in [0.15, 0.2) is 5.58 Å². The van der Waals surface area contributed by atoms with E-state index in [0.717, 1.165) is 0 Å². The van der Waals surface area contributed by atoms with Crippen LogP contribution in [0.4, 0.5) is 0 Å². The lowest BCUT2D eigenvalue weighted by molar-refractivity contribution is 0.0940. The van der Waals surface area contributed by atoms with Crippen LogP contribution >= 0.6 is 0 Å². The molecule has 118 valence electrons. The number of benzene rings is 1. The standard InChI is InChI=1S/C13H10N4O5S/c18-12(10-3-1-2-6-14-10)16-17-23(20,21)8-4-5-9-11(7-8)22-13(19)15-9/h1-7,17H,(H,15,19)(H,16,18). The largest absolute Gasteiger partial charge is 0.417 e. The van der Waals surface area contributed by atoms with Gasteiger partial charge in [0, 0.05) is 12.3 Å². The molecule has 0 atom stereocenters. The molecule has 0 aliphatic heterocycles. The number of hydrazine groups is 1. The molecule has 2 heterocycles. The molecule has 10 heteroatoms.